The number of carbonyl (C=O) groups excluding carboxylic acids is 2. The highest BCUT2D eigenvalue weighted by Crippen LogP contribution is 2.23. The van der Waals surface area contributed by atoms with Gasteiger partial charge in [-0.1, -0.05) is 0 Å². The first-order valence-corrected chi connectivity index (χ1v) is 4.55. The van der Waals surface area contributed by atoms with Crippen LogP contribution in [0.15, 0.2) is 12.1 Å². The fourth-order valence-corrected chi connectivity index (χ4v) is 1.18. The van der Waals surface area contributed by atoms with Crippen molar-refractivity contribution in [3.63, 3.8) is 0 Å². The molecule has 1 rings (SSSR count). The molecule has 1 radical (unpaired) electrons. The minimum atomic E-state index is -0.862. The van der Waals surface area contributed by atoms with E-state index in [-0.39, 0.29) is 5.69 Å². The summed E-state index contributed by atoms with van der Waals surface area (Å²) in [7, 11) is 0. The second kappa shape index (κ2) is 4.68. The maximum absolute atomic E-state index is 10.9. The molecule has 17 heavy (non-hydrogen) atoms. The first-order chi connectivity index (χ1) is 7.84. The van der Waals surface area contributed by atoms with E-state index in [9.17, 15) is 9.59 Å². The highest BCUT2D eigenvalue weighted by molar-refractivity contribution is 5.93. The third-order valence-corrected chi connectivity index (χ3v) is 2.11. The number of primary amides is 2. The number of nitrogens with zero attached hydrogens (tertiary/aromatic N) is 2. The summed E-state index contributed by atoms with van der Waals surface area (Å²) in [5.41, 5.74) is 11.2. The summed E-state index contributed by atoms with van der Waals surface area (Å²) in [4.78, 5) is 21.8. The molecule has 0 saturated carbocycles. The SMILES string of the molecule is Cc1c[c]c(N(N)C(N)=O)cc1N(N)C(N)=O. The number of hydrazine groups is 2. The van der Waals surface area contributed by atoms with Crippen molar-refractivity contribution in [2.45, 2.75) is 6.92 Å². The van der Waals surface area contributed by atoms with Crippen LogP contribution >= 0.6 is 0 Å². The average molecular weight is 237 g/mol. The number of benzene rings is 1. The highest BCUT2D eigenvalue weighted by Gasteiger charge is 2.14. The average Bonchev–Trinajstić information content (AvgIpc) is 2.27. The van der Waals surface area contributed by atoms with Gasteiger partial charge in [-0.2, -0.15) is 0 Å². The molecule has 0 aromatic heterocycles. The fourth-order valence-electron chi connectivity index (χ4n) is 1.18. The summed E-state index contributed by atoms with van der Waals surface area (Å²) < 4.78 is 0. The standard InChI is InChI=1S/C9H13N6O2/c1-5-2-3-6(14(12)8(10)16)4-7(5)15(13)9(11)17/h2,4H,12-13H2,1H3,(H2,10,16)(H2,11,17). The molecular weight excluding hydrogens is 224 g/mol. The highest BCUT2D eigenvalue weighted by atomic mass is 16.2. The van der Waals surface area contributed by atoms with Gasteiger partial charge < -0.3 is 11.5 Å². The Balaban J connectivity index is 3.19. The van der Waals surface area contributed by atoms with Crippen molar-refractivity contribution >= 4 is 23.4 Å². The van der Waals surface area contributed by atoms with E-state index >= 15 is 0 Å². The lowest BCUT2D eigenvalue weighted by atomic mass is 10.1. The summed E-state index contributed by atoms with van der Waals surface area (Å²) in [6.45, 7) is 1.70. The molecule has 91 valence electrons. The van der Waals surface area contributed by atoms with Crippen molar-refractivity contribution in [1.29, 1.82) is 0 Å². The molecule has 4 amide bonds. The van der Waals surface area contributed by atoms with Gasteiger partial charge in [-0.3, -0.25) is 0 Å². The summed E-state index contributed by atoms with van der Waals surface area (Å²) in [5.74, 6) is 10.8. The van der Waals surface area contributed by atoms with Crippen LogP contribution in [-0.2, 0) is 0 Å². The molecule has 1 aromatic rings. The molecule has 0 unspecified atom stereocenters. The molecule has 0 saturated heterocycles. The van der Waals surface area contributed by atoms with E-state index in [1.807, 2.05) is 0 Å². The van der Waals surface area contributed by atoms with Crippen LogP contribution in [-0.4, -0.2) is 12.1 Å². The lowest BCUT2D eigenvalue weighted by Crippen LogP contribution is -2.43. The van der Waals surface area contributed by atoms with Crippen molar-refractivity contribution in [3.05, 3.63) is 23.8 Å². The van der Waals surface area contributed by atoms with Crippen LogP contribution in [0.3, 0.4) is 0 Å². The molecule has 8 nitrogen and oxygen atoms in total. The zero-order valence-corrected chi connectivity index (χ0v) is 9.18. The lowest BCUT2D eigenvalue weighted by molar-refractivity contribution is 0.253. The number of anilines is 2. The van der Waals surface area contributed by atoms with Crippen LogP contribution in [0.1, 0.15) is 5.56 Å². The normalized spacial score (nSPS) is 9.82. The smallest absolute Gasteiger partial charge is 0.333 e. The minimum absolute atomic E-state index is 0.176. The van der Waals surface area contributed by atoms with Gasteiger partial charge in [0.25, 0.3) is 0 Å². The second-order valence-corrected chi connectivity index (χ2v) is 3.30. The molecule has 0 bridgehead atoms. The Morgan fingerprint density at radius 1 is 1.18 bits per heavy atom. The van der Waals surface area contributed by atoms with Gasteiger partial charge in [-0.15, -0.1) is 0 Å². The van der Waals surface area contributed by atoms with Crippen LogP contribution in [0.5, 0.6) is 0 Å². The van der Waals surface area contributed by atoms with Crippen LogP contribution in [0.25, 0.3) is 0 Å². The van der Waals surface area contributed by atoms with E-state index < -0.39 is 12.1 Å². The largest absolute Gasteiger partial charge is 0.350 e. The summed E-state index contributed by atoms with van der Waals surface area (Å²) in [5, 5.41) is 1.42. The third-order valence-electron chi connectivity index (χ3n) is 2.11. The molecule has 0 atom stereocenters. The number of hydrogen-bond donors (Lipinski definition) is 4. The van der Waals surface area contributed by atoms with Gasteiger partial charge in [0.15, 0.2) is 0 Å². The Labute approximate surface area is 97.7 Å². The van der Waals surface area contributed by atoms with E-state index in [2.05, 4.69) is 6.07 Å². The van der Waals surface area contributed by atoms with E-state index in [1.54, 1.807) is 6.92 Å². The van der Waals surface area contributed by atoms with Crippen LogP contribution in [0.4, 0.5) is 21.0 Å². The van der Waals surface area contributed by atoms with Crippen molar-refractivity contribution < 1.29 is 9.59 Å². The maximum Gasteiger partial charge on any atom is 0.333 e. The Kier molecular flexibility index (Phi) is 3.51. The van der Waals surface area contributed by atoms with Gasteiger partial charge in [0.1, 0.15) is 0 Å². The monoisotopic (exact) mass is 237 g/mol. The Morgan fingerprint density at radius 2 is 1.71 bits per heavy atom. The molecule has 0 aliphatic rings. The number of rotatable bonds is 2. The van der Waals surface area contributed by atoms with Crippen molar-refractivity contribution in [3.8, 4) is 0 Å². The van der Waals surface area contributed by atoms with Gasteiger partial charge in [-0.05, 0) is 24.6 Å². The van der Waals surface area contributed by atoms with Gasteiger partial charge in [0.05, 0.1) is 11.4 Å². The van der Waals surface area contributed by atoms with E-state index in [0.29, 0.717) is 16.3 Å². The molecule has 0 aliphatic heterocycles. The zero-order chi connectivity index (χ0) is 13.2. The number of aryl methyl sites for hydroxylation is 1. The topological polar surface area (TPSA) is 145 Å². The quantitative estimate of drug-likeness (QED) is 0.306. The number of amides is 4. The van der Waals surface area contributed by atoms with Gasteiger partial charge in [-0.25, -0.2) is 31.3 Å². The van der Waals surface area contributed by atoms with Crippen molar-refractivity contribution in [1.82, 2.24) is 0 Å². The second-order valence-electron chi connectivity index (χ2n) is 3.30. The van der Waals surface area contributed by atoms with E-state index in [1.165, 1.54) is 12.1 Å². The minimum Gasteiger partial charge on any atom is -0.350 e. The van der Waals surface area contributed by atoms with Crippen LogP contribution in [0.2, 0.25) is 0 Å². The molecule has 0 spiro atoms. The van der Waals surface area contributed by atoms with Gasteiger partial charge in [0, 0.05) is 6.07 Å². The number of hydrogen-bond acceptors (Lipinski definition) is 4. The molecule has 0 heterocycles. The maximum atomic E-state index is 10.9. The summed E-state index contributed by atoms with van der Waals surface area (Å²) in [6, 6.07) is 3.91. The lowest BCUT2D eigenvalue weighted by Gasteiger charge is -2.19. The van der Waals surface area contributed by atoms with Crippen LogP contribution < -0.4 is 33.2 Å². The predicted molar refractivity (Wildman–Crippen MR) is 62.5 cm³/mol. The van der Waals surface area contributed by atoms with Crippen LogP contribution in [0, 0.1) is 13.0 Å². The third kappa shape index (κ3) is 2.62. The van der Waals surface area contributed by atoms with E-state index in [4.69, 9.17) is 23.2 Å². The zero-order valence-electron chi connectivity index (χ0n) is 9.18. The molecule has 0 aliphatic carbocycles. The molecule has 0 fully saturated rings. The molecule has 8 heteroatoms. The first-order valence-electron chi connectivity index (χ1n) is 4.55. The predicted octanol–water partition coefficient (Wildman–Crippen LogP) is -0.687. The summed E-state index contributed by atoms with van der Waals surface area (Å²) >= 11 is 0. The summed E-state index contributed by atoms with van der Waals surface area (Å²) in [6.07, 6.45) is 0. The number of urea groups is 2. The number of carbonyl (C=O) groups is 2. The van der Waals surface area contributed by atoms with E-state index in [0.717, 1.165) is 5.01 Å². The molecule has 1 aromatic carbocycles. The first kappa shape index (κ1) is 12.7. The number of nitrogens with two attached hydrogens (primary N) is 4. The Bertz CT molecular complexity index is 461. The van der Waals surface area contributed by atoms with Crippen molar-refractivity contribution in [2.75, 3.05) is 10.0 Å². The van der Waals surface area contributed by atoms with Crippen molar-refractivity contribution in [2.24, 2.45) is 23.2 Å². The molecule has 8 N–H and O–H groups in total. The Hall–Kier alpha value is -2.32. The molecular formula is C9H13N6O2. The van der Waals surface area contributed by atoms with Gasteiger partial charge in [0.2, 0.25) is 0 Å². The van der Waals surface area contributed by atoms with Gasteiger partial charge >= 0.3 is 12.1 Å². The Morgan fingerprint density at radius 3 is 2.18 bits per heavy atom. The fraction of sp³-hybridized carbons (Fsp3) is 0.111.